The molecule has 0 saturated carbocycles. The van der Waals surface area contributed by atoms with Crippen LogP contribution in [0.5, 0.6) is 0 Å². The Bertz CT molecular complexity index is 2060. The topological polar surface area (TPSA) is 138 Å². The minimum absolute atomic E-state index is 0. The van der Waals surface area contributed by atoms with E-state index in [1.807, 2.05) is 84.7 Å². The summed E-state index contributed by atoms with van der Waals surface area (Å²) < 4.78 is 2.13. The highest BCUT2D eigenvalue weighted by molar-refractivity contribution is 5.96. The zero-order valence-electron chi connectivity index (χ0n) is 29.2. The van der Waals surface area contributed by atoms with Crippen molar-refractivity contribution < 1.29 is 4.79 Å². The average molecular weight is 735 g/mol. The van der Waals surface area contributed by atoms with Crippen LogP contribution in [-0.2, 0) is 31.1 Å². The lowest BCUT2D eigenvalue weighted by Crippen LogP contribution is -2.33. The van der Waals surface area contributed by atoms with Crippen LogP contribution in [0.2, 0.25) is 0 Å². The van der Waals surface area contributed by atoms with Crippen molar-refractivity contribution in [1.29, 1.82) is 10.8 Å². The van der Waals surface area contributed by atoms with Gasteiger partial charge in [-0.25, -0.2) is 4.98 Å². The van der Waals surface area contributed by atoms with Crippen molar-refractivity contribution in [2.24, 2.45) is 18.5 Å². The molecule has 0 aliphatic heterocycles. The number of hydrogen-bond donors (Lipinski definition) is 4. The number of rotatable bonds is 14. The Balaban J connectivity index is 0.00000302. The second kappa shape index (κ2) is 18.2. The minimum Gasteiger partial charge on any atom is -0.384 e. The van der Waals surface area contributed by atoms with Crippen LogP contribution >= 0.6 is 24.8 Å². The summed E-state index contributed by atoms with van der Waals surface area (Å²) in [5.74, 6) is 1.23. The van der Waals surface area contributed by atoms with Gasteiger partial charge < -0.3 is 20.9 Å². The predicted octanol–water partition coefficient (Wildman–Crippen LogP) is 7.96. The Kier molecular flexibility index (Phi) is 13.7. The maximum absolute atomic E-state index is 14.1. The van der Waals surface area contributed by atoms with Crippen LogP contribution in [0, 0.1) is 10.8 Å². The molecule has 10 heteroatoms. The van der Waals surface area contributed by atoms with Gasteiger partial charge in [0.15, 0.2) is 0 Å². The van der Waals surface area contributed by atoms with E-state index in [1.165, 1.54) is 11.1 Å². The molecule has 268 valence electrons. The predicted molar refractivity (Wildman–Crippen MR) is 218 cm³/mol. The van der Waals surface area contributed by atoms with E-state index < -0.39 is 0 Å². The molecule has 0 fully saturated rings. The molecule has 0 unspecified atom stereocenters. The third-order valence-corrected chi connectivity index (χ3v) is 9.41. The number of nitrogens with one attached hydrogen (secondary N) is 2. The lowest BCUT2D eigenvalue weighted by Gasteiger charge is -2.26. The van der Waals surface area contributed by atoms with Gasteiger partial charge in [-0.05, 0) is 59.7 Å². The number of hydrogen-bond acceptors (Lipinski definition) is 4. The number of nitrogen functional groups attached to an aromatic ring is 2. The van der Waals surface area contributed by atoms with E-state index >= 15 is 0 Å². The summed E-state index contributed by atoms with van der Waals surface area (Å²) >= 11 is 0. The molecule has 1 amide bonds. The molecule has 52 heavy (non-hydrogen) atoms. The fourth-order valence-corrected chi connectivity index (χ4v) is 6.53. The molecule has 8 nitrogen and oxygen atoms in total. The maximum atomic E-state index is 14.1. The molecule has 1 aromatic heterocycles. The number of imidazole rings is 1. The van der Waals surface area contributed by atoms with E-state index in [0.29, 0.717) is 30.5 Å². The van der Waals surface area contributed by atoms with Gasteiger partial charge in [0.2, 0.25) is 5.91 Å². The summed E-state index contributed by atoms with van der Waals surface area (Å²) in [6.45, 7) is 0.540. The first kappa shape index (κ1) is 39.3. The molecule has 0 saturated heterocycles. The first-order chi connectivity index (χ1) is 24.3. The summed E-state index contributed by atoms with van der Waals surface area (Å²) in [6.07, 6.45) is 3.23. The third-order valence-electron chi connectivity index (χ3n) is 9.41. The first-order valence-electron chi connectivity index (χ1n) is 17.0. The summed E-state index contributed by atoms with van der Waals surface area (Å²) in [5.41, 5.74) is 20.0. The number of aryl methyl sites for hydroxylation is 4. The van der Waals surface area contributed by atoms with Gasteiger partial charge in [-0.2, -0.15) is 0 Å². The number of carbonyl (C=O) groups is 1. The van der Waals surface area contributed by atoms with E-state index in [0.717, 1.165) is 52.9 Å². The Morgan fingerprint density at radius 3 is 1.75 bits per heavy atom. The molecular formula is C42H45Cl2N7O. The van der Waals surface area contributed by atoms with Gasteiger partial charge in [-0.1, -0.05) is 109 Å². The summed E-state index contributed by atoms with van der Waals surface area (Å²) in [5, 5.41) is 15.3. The van der Waals surface area contributed by atoms with E-state index in [4.69, 9.17) is 27.3 Å². The number of amidine groups is 2. The lowest BCUT2D eigenvalue weighted by molar-refractivity contribution is -0.118. The van der Waals surface area contributed by atoms with Crippen LogP contribution in [0.1, 0.15) is 58.0 Å². The van der Waals surface area contributed by atoms with Gasteiger partial charge in [0, 0.05) is 49.2 Å². The van der Waals surface area contributed by atoms with Crippen LogP contribution in [-0.4, -0.2) is 33.7 Å². The molecule has 6 N–H and O–H groups in total. The normalized spacial score (nSPS) is 10.7. The van der Waals surface area contributed by atoms with Gasteiger partial charge >= 0.3 is 0 Å². The molecule has 6 rings (SSSR count). The molecule has 0 atom stereocenters. The van der Waals surface area contributed by atoms with Crippen molar-refractivity contribution in [1.82, 2.24) is 9.55 Å². The lowest BCUT2D eigenvalue weighted by atomic mass is 9.88. The highest BCUT2D eigenvalue weighted by Gasteiger charge is 2.22. The Morgan fingerprint density at radius 2 is 1.23 bits per heavy atom. The summed E-state index contributed by atoms with van der Waals surface area (Å²) in [4.78, 5) is 21.1. The number of anilines is 1. The molecule has 0 aliphatic carbocycles. The largest absolute Gasteiger partial charge is 0.384 e. The highest BCUT2D eigenvalue weighted by Crippen LogP contribution is 2.30. The van der Waals surface area contributed by atoms with Gasteiger partial charge in [0.25, 0.3) is 0 Å². The fraction of sp³-hybridized carbons (Fsp3) is 0.190. The molecular weight excluding hydrogens is 689 g/mol. The quantitative estimate of drug-likeness (QED) is 0.0667. The number of nitrogens with two attached hydrogens (primary N) is 2. The maximum Gasteiger partial charge on any atom is 0.227 e. The van der Waals surface area contributed by atoms with Crippen LogP contribution in [0.4, 0.5) is 5.69 Å². The second-order valence-corrected chi connectivity index (χ2v) is 12.7. The van der Waals surface area contributed by atoms with Gasteiger partial charge in [-0.3, -0.25) is 15.6 Å². The summed E-state index contributed by atoms with van der Waals surface area (Å²) in [7, 11) is 2.04. The number of nitrogens with zero attached hydrogens (tertiary/aromatic N) is 3. The average Bonchev–Trinajstić information content (AvgIpc) is 3.46. The number of aromatic nitrogens is 2. The number of fused-ring (bicyclic) bond motifs is 1. The number of carbonyl (C=O) groups excluding carboxylic acids is 1. The van der Waals surface area contributed by atoms with Crippen molar-refractivity contribution in [3.63, 3.8) is 0 Å². The molecule has 0 radical (unpaired) electrons. The first-order valence-corrected chi connectivity index (χ1v) is 17.0. The van der Waals surface area contributed by atoms with Crippen LogP contribution in [0.15, 0.2) is 127 Å². The van der Waals surface area contributed by atoms with E-state index in [2.05, 4.69) is 59.2 Å². The molecule has 0 bridgehead atoms. The molecule has 0 spiro atoms. The monoisotopic (exact) mass is 733 g/mol. The van der Waals surface area contributed by atoms with Crippen LogP contribution in [0.3, 0.4) is 0 Å². The number of amides is 1. The minimum atomic E-state index is 0. The van der Waals surface area contributed by atoms with Crippen molar-refractivity contribution in [2.45, 2.75) is 38.0 Å². The third kappa shape index (κ3) is 9.46. The van der Waals surface area contributed by atoms with Crippen molar-refractivity contribution >= 4 is 59.1 Å². The molecule has 6 aromatic rings. The van der Waals surface area contributed by atoms with Gasteiger partial charge in [0.05, 0.1) is 11.0 Å². The van der Waals surface area contributed by atoms with E-state index in [1.54, 1.807) is 0 Å². The van der Waals surface area contributed by atoms with Crippen LogP contribution in [0.25, 0.3) is 11.0 Å². The van der Waals surface area contributed by atoms with Crippen LogP contribution < -0.4 is 16.4 Å². The standard InChI is InChI=1S/C42H43N7O.2ClH/c1-48-38-23-22-35(28-37(38)47-39(48)24-16-29-12-18-33(19-13-29)41(43)44)49(40(50)25-17-30-14-20-34(21-15-30)42(45)46)27-26-36(31-8-4-2-5-9-31)32-10-6-3-7-11-32;;/h2-15,18-23,28,36H,16-17,24-27H2,1H3,(H3,43,44)(H3,45,46);2*1H. The highest BCUT2D eigenvalue weighted by atomic mass is 35.5. The SMILES string of the molecule is Cl.Cl.Cn1c(CCc2ccc(C(=N)N)cc2)nc2cc(N(CCC(c3ccccc3)c3ccccc3)C(=O)CCc3ccc(C(=N)N)cc3)ccc21. The molecule has 5 aromatic carbocycles. The Morgan fingerprint density at radius 1 is 0.712 bits per heavy atom. The summed E-state index contributed by atoms with van der Waals surface area (Å²) in [6, 6.07) is 42.4. The number of benzene rings is 5. The van der Waals surface area contributed by atoms with Crippen molar-refractivity contribution in [2.75, 3.05) is 11.4 Å². The fourth-order valence-electron chi connectivity index (χ4n) is 6.53. The number of halogens is 2. The Hall–Kier alpha value is -5.44. The van der Waals surface area contributed by atoms with Crippen molar-refractivity contribution in [3.05, 3.63) is 167 Å². The molecule has 0 aliphatic rings. The smallest absolute Gasteiger partial charge is 0.227 e. The van der Waals surface area contributed by atoms with Gasteiger partial charge in [-0.15, -0.1) is 24.8 Å². The van der Waals surface area contributed by atoms with Crippen molar-refractivity contribution in [3.8, 4) is 0 Å². The molecule has 1 heterocycles. The van der Waals surface area contributed by atoms with Gasteiger partial charge in [0.1, 0.15) is 17.5 Å². The second-order valence-electron chi connectivity index (χ2n) is 12.7. The van der Waals surface area contributed by atoms with E-state index in [9.17, 15) is 4.79 Å². The zero-order chi connectivity index (χ0) is 35.0. The zero-order valence-corrected chi connectivity index (χ0v) is 30.8. The van der Waals surface area contributed by atoms with E-state index in [-0.39, 0.29) is 48.3 Å². The Labute approximate surface area is 317 Å².